The van der Waals surface area contributed by atoms with Crippen molar-refractivity contribution in [3.63, 3.8) is 0 Å². The zero-order valence-corrected chi connectivity index (χ0v) is 19.6. The van der Waals surface area contributed by atoms with E-state index in [9.17, 15) is 9.59 Å². The summed E-state index contributed by atoms with van der Waals surface area (Å²) >= 11 is 0. The van der Waals surface area contributed by atoms with Gasteiger partial charge in [-0.1, -0.05) is 30.3 Å². The summed E-state index contributed by atoms with van der Waals surface area (Å²) in [7, 11) is 0. The van der Waals surface area contributed by atoms with E-state index in [1.54, 1.807) is 6.07 Å². The molecule has 1 aliphatic rings. The molecule has 1 aliphatic heterocycles. The van der Waals surface area contributed by atoms with E-state index in [0.717, 1.165) is 40.2 Å². The first-order valence-electron chi connectivity index (χ1n) is 11.4. The first-order chi connectivity index (χ1) is 16.4. The third-order valence-corrected chi connectivity index (χ3v) is 6.69. The molecule has 1 aromatic heterocycles. The Balaban J connectivity index is 1.42. The van der Waals surface area contributed by atoms with Crippen molar-refractivity contribution in [3.05, 3.63) is 118 Å². The second kappa shape index (κ2) is 8.67. The van der Waals surface area contributed by atoms with Gasteiger partial charge >= 0.3 is 0 Å². The summed E-state index contributed by atoms with van der Waals surface area (Å²) in [6.45, 7) is 6.58. The molecule has 0 spiro atoms. The molecule has 1 amide bonds. The number of benzene rings is 3. The summed E-state index contributed by atoms with van der Waals surface area (Å²) in [4.78, 5) is 26.5. The van der Waals surface area contributed by atoms with Crippen molar-refractivity contribution >= 4 is 23.1 Å². The summed E-state index contributed by atoms with van der Waals surface area (Å²) in [5.74, 6) is -0.157. The predicted octanol–water partition coefficient (Wildman–Crippen LogP) is 6.06. The number of para-hydroxylation sites is 1. The van der Waals surface area contributed by atoms with Crippen molar-refractivity contribution in [2.24, 2.45) is 0 Å². The van der Waals surface area contributed by atoms with Gasteiger partial charge in [0.05, 0.1) is 0 Å². The van der Waals surface area contributed by atoms with E-state index in [1.165, 1.54) is 0 Å². The molecule has 34 heavy (non-hydrogen) atoms. The number of fused-ring (bicyclic) bond motifs is 2. The number of nitrogens with one attached hydrogen (secondary N) is 2. The Bertz CT molecular complexity index is 1420. The molecule has 1 atom stereocenters. The van der Waals surface area contributed by atoms with E-state index in [2.05, 4.69) is 21.3 Å². The van der Waals surface area contributed by atoms with Crippen LogP contribution < -0.4 is 10.6 Å². The molecule has 5 heteroatoms. The third-order valence-electron chi connectivity index (χ3n) is 6.69. The van der Waals surface area contributed by atoms with Crippen molar-refractivity contribution in [1.29, 1.82) is 0 Å². The van der Waals surface area contributed by atoms with E-state index in [-0.39, 0.29) is 11.7 Å². The molecular weight excluding hydrogens is 422 g/mol. The quantitative estimate of drug-likeness (QED) is 0.372. The molecule has 5 rings (SSSR count). The van der Waals surface area contributed by atoms with Crippen molar-refractivity contribution in [2.75, 3.05) is 10.6 Å². The second-order valence-electron chi connectivity index (χ2n) is 8.89. The molecule has 2 heterocycles. The molecule has 0 fully saturated rings. The van der Waals surface area contributed by atoms with Crippen molar-refractivity contribution in [3.8, 4) is 0 Å². The van der Waals surface area contributed by atoms with Gasteiger partial charge < -0.3 is 15.2 Å². The number of nitrogens with zero attached hydrogens (tertiary/aromatic N) is 1. The van der Waals surface area contributed by atoms with Gasteiger partial charge in [0.2, 0.25) is 0 Å². The highest BCUT2D eigenvalue weighted by atomic mass is 16.1. The monoisotopic (exact) mass is 449 g/mol. The maximum absolute atomic E-state index is 13.6. The van der Waals surface area contributed by atoms with Gasteiger partial charge in [-0.25, -0.2) is 0 Å². The molecule has 0 bridgehead atoms. The standard InChI is InChI=1S/C29H27N3O2/c1-18-8-6-10-23(20(18)3)29(34)31-24-14-13-21(16-19(24)2)28(33)27-26-12-7-15-32(26)17-22-9-4-5-11-25(22)30-27/h4-16,27,30H,17H2,1-3H3,(H,31,34). The van der Waals surface area contributed by atoms with E-state index >= 15 is 0 Å². The molecular formula is C29H27N3O2. The van der Waals surface area contributed by atoms with E-state index in [0.29, 0.717) is 16.8 Å². The van der Waals surface area contributed by atoms with Gasteiger partial charge in [-0.3, -0.25) is 9.59 Å². The molecule has 170 valence electrons. The lowest BCUT2D eigenvalue weighted by Gasteiger charge is -2.19. The Labute approximate surface area is 199 Å². The van der Waals surface area contributed by atoms with E-state index in [1.807, 2.05) is 87.6 Å². The average molecular weight is 450 g/mol. The Morgan fingerprint density at radius 1 is 0.912 bits per heavy atom. The number of aromatic nitrogens is 1. The minimum atomic E-state index is -0.492. The lowest BCUT2D eigenvalue weighted by Crippen LogP contribution is -2.22. The highest BCUT2D eigenvalue weighted by Crippen LogP contribution is 2.31. The molecule has 4 aromatic rings. The van der Waals surface area contributed by atoms with Crippen LogP contribution in [0, 0.1) is 20.8 Å². The van der Waals surface area contributed by atoms with Gasteiger partial charge in [-0.2, -0.15) is 0 Å². The fraction of sp³-hybridized carbons (Fsp3) is 0.172. The molecule has 3 aromatic carbocycles. The summed E-state index contributed by atoms with van der Waals surface area (Å²) in [6.07, 6.45) is 2.01. The normalized spacial score (nSPS) is 14.4. The van der Waals surface area contributed by atoms with Crippen LogP contribution in [-0.2, 0) is 6.54 Å². The van der Waals surface area contributed by atoms with Gasteiger partial charge in [0.15, 0.2) is 5.78 Å². The zero-order valence-electron chi connectivity index (χ0n) is 19.6. The van der Waals surface area contributed by atoms with Crippen LogP contribution in [-0.4, -0.2) is 16.3 Å². The SMILES string of the molecule is Cc1cc(C(=O)C2Nc3ccccc3Cn3cccc32)ccc1NC(=O)c1cccc(C)c1C. The van der Waals surface area contributed by atoms with Crippen molar-refractivity contribution < 1.29 is 9.59 Å². The summed E-state index contributed by atoms with van der Waals surface area (Å²) in [5.41, 5.74) is 7.90. The highest BCUT2D eigenvalue weighted by Gasteiger charge is 2.28. The number of rotatable bonds is 4. The number of ketones is 1. The Morgan fingerprint density at radius 2 is 1.74 bits per heavy atom. The van der Waals surface area contributed by atoms with Crippen molar-refractivity contribution in [1.82, 2.24) is 4.57 Å². The second-order valence-corrected chi connectivity index (χ2v) is 8.89. The number of hydrogen-bond donors (Lipinski definition) is 2. The number of carbonyl (C=O) groups is 2. The Morgan fingerprint density at radius 3 is 2.56 bits per heavy atom. The summed E-state index contributed by atoms with van der Waals surface area (Å²) in [6, 6.07) is 22.7. The Hall–Kier alpha value is -4.12. The van der Waals surface area contributed by atoms with Gasteiger partial charge in [0.25, 0.3) is 5.91 Å². The topological polar surface area (TPSA) is 63.1 Å². The van der Waals surface area contributed by atoms with Crippen LogP contribution in [0.5, 0.6) is 0 Å². The number of aryl methyl sites for hydroxylation is 2. The molecule has 2 N–H and O–H groups in total. The van der Waals surface area contributed by atoms with Crippen LogP contribution >= 0.6 is 0 Å². The Kier molecular flexibility index (Phi) is 5.54. The lowest BCUT2D eigenvalue weighted by molar-refractivity contribution is 0.0966. The lowest BCUT2D eigenvalue weighted by atomic mass is 9.98. The first-order valence-corrected chi connectivity index (χ1v) is 11.4. The molecule has 0 radical (unpaired) electrons. The number of anilines is 2. The fourth-order valence-corrected chi connectivity index (χ4v) is 4.56. The number of carbonyl (C=O) groups excluding carboxylic acids is 2. The maximum Gasteiger partial charge on any atom is 0.255 e. The van der Waals surface area contributed by atoms with Crippen molar-refractivity contribution in [2.45, 2.75) is 33.4 Å². The minimum absolute atomic E-state index is 0.00726. The molecule has 0 saturated carbocycles. The summed E-state index contributed by atoms with van der Waals surface area (Å²) in [5, 5.41) is 6.46. The van der Waals surface area contributed by atoms with E-state index in [4.69, 9.17) is 0 Å². The largest absolute Gasteiger partial charge is 0.370 e. The molecule has 1 unspecified atom stereocenters. The van der Waals surface area contributed by atoms with Gasteiger partial charge in [0, 0.05) is 40.9 Å². The summed E-state index contributed by atoms with van der Waals surface area (Å²) < 4.78 is 2.12. The van der Waals surface area contributed by atoms with Crippen LogP contribution in [0.25, 0.3) is 0 Å². The maximum atomic E-state index is 13.6. The molecule has 0 saturated heterocycles. The van der Waals surface area contributed by atoms with Crippen LogP contribution in [0.15, 0.2) is 79.0 Å². The van der Waals surface area contributed by atoms with Crippen LogP contribution in [0.4, 0.5) is 11.4 Å². The van der Waals surface area contributed by atoms with Crippen LogP contribution in [0.3, 0.4) is 0 Å². The number of amides is 1. The minimum Gasteiger partial charge on any atom is -0.370 e. The van der Waals surface area contributed by atoms with Crippen LogP contribution in [0.2, 0.25) is 0 Å². The van der Waals surface area contributed by atoms with Gasteiger partial charge in [0.1, 0.15) is 6.04 Å². The number of hydrogen-bond acceptors (Lipinski definition) is 3. The zero-order chi connectivity index (χ0) is 23.8. The molecule has 0 aliphatic carbocycles. The van der Waals surface area contributed by atoms with Gasteiger partial charge in [-0.15, -0.1) is 0 Å². The smallest absolute Gasteiger partial charge is 0.255 e. The molecule has 5 nitrogen and oxygen atoms in total. The predicted molar refractivity (Wildman–Crippen MR) is 136 cm³/mol. The fourth-order valence-electron chi connectivity index (χ4n) is 4.56. The number of Topliss-reactive ketones (excluding diaryl/α,β-unsaturated/α-hetero) is 1. The average Bonchev–Trinajstić information content (AvgIpc) is 3.22. The third kappa shape index (κ3) is 3.90. The van der Waals surface area contributed by atoms with Crippen LogP contribution in [0.1, 0.15) is 54.7 Å². The van der Waals surface area contributed by atoms with E-state index < -0.39 is 6.04 Å². The highest BCUT2D eigenvalue weighted by molar-refractivity contribution is 6.07. The van der Waals surface area contributed by atoms with Gasteiger partial charge in [-0.05, 0) is 85.5 Å². The first kappa shape index (κ1) is 21.7.